The number of hydrogen-bond donors (Lipinski definition) is 1. The number of carbonyl (C=O) groups excluding carboxylic acids is 1. The van der Waals surface area contributed by atoms with Crippen molar-refractivity contribution in [3.05, 3.63) is 28.5 Å². The van der Waals surface area contributed by atoms with Crippen molar-refractivity contribution in [3.8, 4) is 0 Å². The molecule has 0 unspecified atom stereocenters. The number of aliphatic hydroxyl groups is 1. The summed E-state index contributed by atoms with van der Waals surface area (Å²) < 4.78 is 0. The third-order valence-corrected chi connectivity index (χ3v) is 2.82. The third-order valence-electron chi connectivity index (χ3n) is 2.62. The molecule has 106 valence electrons. The molecule has 0 aliphatic rings. The Morgan fingerprint density at radius 1 is 1.47 bits per heavy atom. The van der Waals surface area contributed by atoms with Crippen LogP contribution in [0.5, 0.6) is 0 Å². The quantitative estimate of drug-likeness (QED) is 0.865. The van der Waals surface area contributed by atoms with Crippen LogP contribution in [0.1, 0.15) is 49.7 Å². The van der Waals surface area contributed by atoms with Crippen LogP contribution in [0.15, 0.2) is 12.1 Å². The summed E-state index contributed by atoms with van der Waals surface area (Å²) >= 11 is 5.94. The maximum atomic E-state index is 12.3. The van der Waals surface area contributed by atoms with E-state index in [1.54, 1.807) is 33.0 Å². The van der Waals surface area contributed by atoms with E-state index in [4.69, 9.17) is 11.6 Å². The number of pyridine rings is 1. The van der Waals surface area contributed by atoms with E-state index >= 15 is 0 Å². The first-order valence-electron chi connectivity index (χ1n) is 6.25. The molecule has 0 saturated carbocycles. The minimum Gasteiger partial charge on any atom is -0.389 e. The number of hydrogen-bond acceptors (Lipinski definition) is 3. The molecule has 19 heavy (non-hydrogen) atoms. The number of carbonyl (C=O) groups is 1. The minimum atomic E-state index is -0.928. The van der Waals surface area contributed by atoms with Crippen molar-refractivity contribution in [2.75, 3.05) is 13.6 Å². The van der Waals surface area contributed by atoms with Crippen molar-refractivity contribution in [3.63, 3.8) is 0 Å². The Morgan fingerprint density at radius 3 is 2.53 bits per heavy atom. The Hall–Kier alpha value is -1.13. The lowest BCUT2D eigenvalue weighted by molar-refractivity contribution is 0.0368. The number of aromatic nitrogens is 1. The molecule has 5 heteroatoms. The highest BCUT2D eigenvalue weighted by Crippen LogP contribution is 2.19. The molecule has 0 radical (unpaired) electrons. The van der Waals surface area contributed by atoms with Crippen LogP contribution >= 0.6 is 11.6 Å². The third kappa shape index (κ3) is 4.80. The van der Waals surface area contributed by atoms with Crippen LogP contribution in [0.3, 0.4) is 0 Å². The van der Waals surface area contributed by atoms with Gasteiger partial charge in [0.1, 0.15) is 5.15 Å². The van der Waals surface area contributed by atoms with Crippen LogP contribution in [-0.4, -0.2) is 40.1 Å². The smallest absolute Gasteiger partial charge is 0.253 e. The molecule has 0 aliphatic carbocycles. The molecular weight excluding hydrogens is 264 g/mol. The van der Waals surface area contributed by atoms with Crippen molar-refractivity contribution in [1.82, 2.24) is 9.88 Å². The average molecular weight is 285 g/mol. The van der Waals surface area contributed by atoms with Gasteiger partial charge in [-0.1, -0.05) is 25.4 Å². The second kappa shape index (κ2) is 5.88. The summed E-state index contributed by atoms with van der Waals surface area (Å²) in [4.78, 5) is 18.0. The van der Waals surface area contributed by atoms with E-state index in [0.717, 1.165) is 5.69 Å². The molecule has 1 amide bonds. The van der Waals surface area contributed by atoms with Gasteiger partial charge in [0, 0.05) is 24.8 Å². The molecule has 4 nitrogen and oxygen atoms in total. The van der Waals surface area contributed by atoms with E-state index in [1.807, 2.05) is 13.8 Å². The lowest BCUT2D eigenvalue weighted by Crippen LogP contribution is -2.39. The maximum absolute atomic E-state index is 12.3. The summed E-state index contributed by atoms with van der Waals surface area (Å²) in [6.07, 6.45) is 0. The van der Waals surface area contributed by atoms with E-state index in [-0.39, 0.29) is 18.4 Å². The zero-order valence-corrected chi connectivity index (χ0v) is 12.8. The normalized spacial score (nSPS) is 11.8. The van der Waals surface area contributed by atoms with Gasteiger partial charge in [0.25, 0.3) is 5.91 Å². The summed E-state index contributed by atoms with van der Waals surface area (Å²) in [7, 11) is 1.66. The van der Waals surface area contributed by atoms with Crippen molar-refractivity contribution in [2.24, 2.45) is 0 Å². The first-order valence-corrected chi connectivity index (χ1v) is 6.63. The monoisotopic (exact) mass is 284 g/mol. The SMILES string of the molecule is CC(C)c1cc(C(=O)N(C)CC(C)(C)O)cc(Cl)n1. The fourth-order valence-corrected chi connectivity index (χ4v) is 2.02. The van der Waals surface area contributed by atoms with Crippen LogP contribution in [0, 0.1) is 0 Å². The predicted octanol–water partition coefficient (Wildman–Crippen LogP) is 2.70. The van der Waals surface area contributed by atoms with Gasteiger partial charge in [0.15, 0.2) is 0 Å². The molecule has 0 saturated heterocycles. The summed E-state index contributed by atoms with van der Waals surface area (Å²) in [5.41, 5.74) is 0.352. The lowest BCUT2D eigenvalue weighted by Gasteiger charge is -2.25. The topological polar surface area (TPSA) is 53.4 Å². The van der Waals surface area contributed by atoms with Crippen molar-refractivity contribution in [1.29, 1.82) is 0 Å². The average Bonchev–Trinajstić information content (AvgIpc) is 2.24. The fourth-order valence-electron chi connectivity index (χ4n) is 1.81. The van der Waals surface area contributed by atoms with Gasteiger partial charge in [-0.25, -0.2) is 4.98 Å². The van der Waals surface area contributed by atoms with Gasteiger partial charge in [-0.3, -0.25) is 4.79 Å². The van der Waals surface area contributed by atoms with E-state index < -0.39 is 5.60 Å². The summed E-state index contributed by atoms with van der Waals surface area (Å²) in [6.45, 7) is 7.56. The van der Waals surface area contributed by atoms with Crippen molar-refractivity contribution >= 4 is 17.5 Å². The molecule has 0 spiro atoms. The Bertz CT molecular complexity index is 467. The van der Waals surface area contributed by atoms with Gasteiger partial charge in [-0.15, -0.1) is 0 Å². The Balaban J connectivity index is 2.99. The number of amides is 1. The summed E-state index contributed by atoms with van der Waals surface area (Å²) in [6, 6.07) is 3.30. The standard InChI is InChI=1S/C14H21ClN2O2/c1-9(2)11-6-10(7-12(15)16-11)13(18)17(5)8-14(3,4)19/h6-7,9,19H,8H2,1-5H3. The first kappa shape index (κ1) is 15.9. The van der Waals surface area contributed by atoms with Crippen LogP contribution in [-0.2, 0) is 0 Å². The molecule has 0 aromatic carbocycles. The molecule has 1 aromatic heterocycles. The van der Waals surface area contributed by atoms with Gasteiger partial charge in [0.05, 0.1) is 5.60 Å². The zero-order chi connectivity index (χ0) is 14.8. The summed E-state index contributed by atoms with van der Waals surface area (Å²) in [5, 5.41) is 10.1. The second-order valence-electron chi connectivity index (χ2n) is 5.73. The van der Waals surface area contributed by atoms with Gasteiger partial charge >= 0.3 is 0 Å². The Labute approximate surface area is 119 Å². The van der Waals surface area contributed by atoms with Gasteiger partial charge < -0.3 is 10.0 Å². The number of nitrogens with zero attached hydrogens (tertiary/aromatic N) is 2. The van der Waals surface area contributed by atoms with Crippen molar-refractivity contribution < 1.29 is 9.90 Å². The van der Waals surface area contributed by atoms with Crippen LogP contribution in [0.25, 0.3) is 0 Å². The zero-order valence-electron chi connectivity index (χ0n) is 12.1. The van der Waals surface area contributed by atoms with Gasteiger partial charge in [0.2, 0.25) is 0 Å². The Morgan fingerprint density at radius 2 is 2.05 bits per heavy atom. The van der Waals surface area contributed by atoms with Crippen molar-refractivity contribution in [2.45, 2.75) is 39.2 Å². The fraction of sp³-hybridized carbons (Fsp3) is 0.571. The maximum Gasteiger partial charge on any atom is 0.253 e. The highest BCUT2D eigenvalue weighted by molar-refractivity contribution is 6.29. The molecule has 0 atom stereocenters. The van der Waals surface area contributed by atoms with Gasteiger partial charge in [-0.05, 0) is 31.9 Å². The van der Waals surface area contributed by atoms with E-state index in [0.29, 0.717) is 10.7 Å². The number of likely N-dealkylation sites (N-methyl/N-ethyl adjacent to an activating group) is 1. The molecule has 1 N–H and O–H groups in total. The lowest BCUT2D eigenvalue weighted by atomic mass is 10.1. The van der Waals surface area contributed by atoms with E-state index in [1.165, 1.54) is 4.90 Å². The first-order chi connectivity index (χ1) is 8.60. The minimum absolute atomic E-state index is 0.173. The molecule has 1 heterocycles. The highest BCUT2D eigenvalue weighted by Gasteiger charge is 2.21. The molecule has 1 rings (SSSR count). The van der Waals surface area contributed by atoms with E-state index in [2.05, 4.69) is 4.98 Å². The van der Waals surface area contributed by atoms with Crippen LogP contribution < -0.4 is 0 Å². The van der Waals surface area contributed by atoms with Crippen LogP contribution in [0.2, 0.25) is 5.15 Å². The van der Waals surface area contributed by atoms with E-state index in [9.17, 15) is 9.90 Å². The molecule has 1 aromatic rings. The number of halogens is 1. The number of rotatable bonds is 4. The Kier molecular flexibility index (Phi) is 4.93. The second-order valence-corrected chi connectivity index (χ2v) is 6.12. The molecule has 0 bridgehead atoms. The summed E-state index contributed by atoms with van der Waals surface area (Å²) in [5.74, 6) is 0.0261. The molecule has 0 fully saturated rings. The predicted molar refractivity (Wildman–Crippen MR) is 76.6 cm³/mol. The van der Waals surface area contributed by atoms with Gasteiger partial charge in [-0.2, -0.15) is 0 Å². The largest absolute Gasteiger partial charge is 0.389 e. The molecular formula is C14H21ClN2O2. The highest BCUT2D eigenvalue weighted by atomic mass is 35.5. The van der Waals surface area contributed by atoms with Crippen LogP contribution in [0.4, 0.5) is 0 Å². The molecule has 0 aliphatic heterocycles.